The molecule has 5 fully saturated rings. The van der Waals surface area contributed by atoms with Crippen LogP contribution in [-0.2, 0) is 121 Å². The van der Waals surface area contributed by atoms with Crippen molar-refractivity contribution in [3.8, 4) is 0 Å². The highest BCUT2D eigenvalue weighted by Gasteiger charge is 2.63. The van der Waals surface area contributed by atoms with Crippen molar-refractivity contribution in [2.24, 2.45) is 16.7 Å². The van der Waals surface area contributed by atoms with Gasteiger partial charge in [-0.25, -0.2) is 57.5 Å². The lowest BCUT2D eigenvalue weighted by Gasteiger charge is -2.38. The molecule has 3 atom stereocenters. The van der Waals surface area contributed by atoms with Crippen molar-refractivity contribution in [2.45, 2.75) is 243 Å². The summed E-state index contributed by atoms with van der Waals surface area (Å²) in [4.78, 5) is 136. The molecule has 2 bridgehead atoms. The highest BCUT2D eigenvalue weighted by molar-refractivity contribution is 6.16. The molecular weight excluding hydrogens is 1320 g/mol. The van der Waals surface area contributed by atoms with Gasteiger partial charge >= 0.3 is 71.6 Å². The van der Waals surface area contributed by atoms with Crippen molar-refractivity contribution in [3.63, 3.8) is 0 Å². The van der Waals surface area contributed by atoms with Crippen LogP contribution in [-0.4, -0.2) is 149 Å². The highest BCUT2D eigenvalue weighted by Crippen LogP contribution is 2.66. The monoisotopic (exact) mass is 1440 g/mol. The number of ether oxygens (including phenoxy) is 12. The Morgan fingerprint density at radius 3 is 0.863 bits per heavy atom. The molecule has 1 aromatic carbocycles. The van der Waals surface area contributed by atoms with Gasteiger partial charge in [-0.3, -0.25) is 0 Å². The summed E-state index contributed by atoms with van der Waals surface area (Å²) in [5.41, 5.74) is -0.176. The minimum atomic E-state index is -0.734. The Hall–Kier alpha value is -8.70. The van der Waals surface area contributed by atoms with Crippen molar-refractivity contribution < 1.29 is 116 Å². The zero-order valence-corrected chi connectivity index (χ0v) is 62.0. The minimum Gasteiger partial charge on any atom is -0.462 e. The molecule has 102 heavy (non-hydrogen) atoms. The molecule has 0 radical (unpaired) electrons. The number of hydrogen-bond acceptors (Lipinski definition) is 24. The van der Waals surface area contributed by atoms with E-state index in [0.717, 1.165) is 95.5 Å². The van der Waals surface area contributed by atoms with Gasteiger partial charge in [-0.2, -0.15) is 0 Å². The zero-order valence-electron chi connectivity index (χ0n) is 63.0. The van der Waals surface area contributed by atoms with E-state index in [4.69, 9.17) is 29.8 Å². The van der Waals surface area contributed by atoms with E-state index >= 15 is 0 Å². The molecule has 0 aromatic heterocycles. The van der Waals surface area contributed by atoms with Gasteiger partial charge in [0.2, 0.25) is 0 Å². The van der Waals surface area contributed by atoms with Crippen LogP contribution in [0.4, 0.5) is 0 Å². The molecule has 0 spiro atoms. The van der Waals surface area contributed by atoms with E-state index in [2.05, 4.69) is 88.7 Å². The van der Waals surface area contributed by atoms with Crippen molar-refractivity contribution in [3.05, 3.63) is 109 Å². The van der Waals surface area contributed by atoms with Gasteiger partial charge in [0.1, 0.15) is 57.9 Å². The summed E-state index contributed by atoms with van der Waals surface area (Å²) in [5, 5.41) is 0. The average Bonchev–Trinajstić information content (AvgIpc) is 1.56. The number of benzene rings is 1. The molecule has 5 saturated carbocycles. The lowest BCUT2D eigenvalue weighted by atomic mass is 9.70. The van der Waals surface area contributed by atoms with Crippen LogP contribution >= 0.6 is 0 Å². The third-order valence-corrected chi connectivity index (χ3v) is 16.8. The summed E-state index contributed by atoms with van der Waals surface area (Å²) in [7, 11) is 0. The minimum absolute atomic E-state index is 0. The van der Waals surface area contributed by atoms with E-state index in [-0.39, 0.29) is 135 Å². The molecule has 0 heterocycles. The van der Waals surface area contributed by atoms with Gasteiger partial charge in [-0.15, -0.1) is 0 Å². The fourth-order valence-corrected chi connectivity index (χ4v) is 10.7. The zero-order chi connectivity index (χ0) is 77.5. The molecule has 574 valence electrons. The molecule has 5 aliphatic rings. The maximum absolute atomic E-state index is 12.0. The number of hydrogen-bond donors (Lipinski definition) is 0. The average molecular weight is 1440 g/mol. The van der Waals surface area contributed by atoms with E-state index in [1.54, 1.807) is 48.5 Å². The summed E-state index contributed by atoms with van der Waals surface area (Å²) >= 11 is 0. The molecule has 5 aliphatic carbocycles. The fraction of sp³-hybridized carbons (Fsp3) is 0.615. The lowest BCUT2D eigenvalue weighted by Crippen LogP contribution is -2.39. The molecule has 0 aliphatic heterocycles. The van der Waals surface area contributed by atoms with Gasteiger partial charge in [-0.1, -0.05) is 138 Å². The van der Waals surface area contributed by atoms with Gasteiger partial charge in [0.05, 0.1) is 52.9 Å². The number of carbonyl (C=O) groups is 12. The van der Waals surface area contributed by atoms with E-state index in [1.807, 2.05) is 44.2 Å². The summed E-state index contributed by atoms with van der Waals surface area (Å²) in [6, 6.07) is 9.61. The highest BCUT2D eigenvalue weighted by atomic mass is 16.6. The van der Waals surface area contributed by atoms with Crippen LogP contribution in [0.2, 0.25) is 0 Å². The lowest BCUT2D eigenvalue weighted by molar-refractivity contribution is -0.157. The van der Waals surface area contributed by atoms with E-state index in [1.165, 1.54) is 25.7 Å². The maximum atomic E-state index is 12.0. The summed E-state index contributed by atoms with van der Waals surface area (Å²) < 4.78 is 65.2. The fourth-order valence-electron chi connectivity index (χ4n) is 10.7. The molecule has 0 saturated heterocycles. The number of carbonyl (C=O) groups excluding carboxylic acids is 12. The Kier molecular flexibility index (Phi) is 48.6. The smallest absolute Gasteiger partial charge is 0.345 e. The second-order valence-electron chi connectivity index (χ2n) is 24.4. The first kappa shape index (κ1) is 93.3. The van der Waals surface area contributed by atoms with Crippen LogP contribution in [0.25, 0.3) is 0 Å². The summed E-state index contributed by atoms with van der Waals surface area (Å²) in [5.74, 6) is -7.68. The van der Waals surface area contributed by atoms with Crippen LogP contribution < -0.4 is 0 Å². The van der Waals surface area contributed by atoms with Gasteiger partial charge in [0.25, 0.3) is 0 Å². The van der Waals surface area contributed by atoms with E-state index in [9.17, 15) is 57.5 Å². The maximum Gasteiger partial charge on any atom is 0.345 e. The molecule has 6 rings (SSSR count). The van der Waals surface area contributed by atoms with Crippen molar-refractivity contribution in [1.82, 2.24) is 0 Å². The van der Waals surface area contributed by atoms with Gasteiger partial charge in [0.15, 0.2) is 0 Å². The predicted molar refractivity (Wildman–Crippen MR) is 383 cm³/mol. The molecule has 1 aromatic rings. The molecule has 0 N–H and O–H groups in total. The van der Waals surface area contributed by atoms with Crippen LogP contribution in [0, 0.1) is 16.7 Å². The van der Waals surface area contributed by atoms with Crippen molar-refractivity contribution in [2.75, 3.05) is 52.9 Å². The Labute approximate surface area is 606 Å². The molecular formula is C78H118O24. The number of esters is 12. The van der Waals surface area contributed by atoms with Gasteiger partial charge in [0, 0.05) is 13.2 Å². The normalized spacial score (nSPS) is 17.5. The van der Waals surface area contributed by atoms with Gasteiger partial charge < -0.3 is 56.8 Å². The first-order valence-corrected chi connectivity index (χ1v) is 35.0. The first-order valence-electron chi connectivity index (χ1n) is 35.6. The molecule has 24 heteroatoms. The second-order valence-corrected chi connectivity index (χ2v) is 24.4. The third-order valence-electron chi connectivity index (χ3n) is 16.8. The Balaban J connectivity index is 0. The quantitative estimate of drug-likeness (QED) is 0.0273. The molecule has 24 nitrogen and oxygen atoms in total. The third kappa shape index (κ3) is 35.3. The number of rotatable bonds is 26. The predicted octanol–water partition coefficient (Wildman–Crippen LogP) is 13.4. The van der Waals surface area contributed by atoms with Crippen LogP contribution in [0.5, 0.6) is 0 Å². The Morgan fingerprint density at radius 1 is 0.373 bits per heavy atom. The molecule has 3 unspecified atom stereocenters. The standard InChI is InChI=1S/2C16H24O4.C14H16O4.C12H18O4.2C8H12O4.C3H8.CH4/c1-6-19-13(17)10(2)14(18)20-12-9-11-7-8-16(12,5)15(11,3)4;1-12(15(17)19-13-8-4-2-5-9-13)16(18)20-14-10-6-3-7-11-14;1-3-17-13(15)11(2)14(16)18-10-9-12-7-5-4-6-8-12;1-3-15-11(13)9(2)12(14)16-10-7-5-4-6-8-10;2*1-4-11-7(9)6(3)8(10)12-5-2;1-3-2;/h11-12H,2,6-9H2,1,3-5H3;13-14H,1-11H2;4-8H,2-3,9-10H2,1H3;10H,2-8H2,1H3;2*3-5H2,1-2H3;3H2,1-2H3;1H4/i;;;;;;3D;. The van der Waals surface area contributed by atoms with E-state index in [0.29, 0.717) is 12.3 Å². The first-order chi connectivity index (χ1) is 48.2. The van der Waals surface area contributed by atoms with Crippen LogP contribution in [0.3, 0.4) is 0 Å². The van der Waals surface area contributed by atoms with Gasteiger partial charge in [-0.05, 0) is 162 Å². The number of fused-ring (bicyclic) bond motifs is 2. The van der Waals surface area contributed by atoms with E-state index < -0.39 is 71.6 Å². The Morgan fingerprint density at radius 2 is 0.618 bits per heavy atom. The van der Waals surface area contributed by atoms with Crippen molar-refractivity contribution in [1.29, 1.82) is 0 Å². The summed E-state index contributed by atoms with van der Waals surface area (Å²) in [6.07, 6.45) is 18.8. The van der Waals surface area contributed by atoms with Crippen molar-refractivity contribution >= 4 is 71.6 Å². The van der Waals surface area contributed by atoms with Crippen LogP contribution in [0.15, 0.2) is 103 Å². The largest absolute Gasteiger partial charge is 0.462 e. The SMILES string of the molecule is C.C=C(C(=O)OC1CCCCC1)C(=O)OC1CCCCC1.C=C(C(=O)OCC)C(=O)OC1CC2CCC1(C)C2(C)C.C=C(C(=O)OCC)C(=O)OC1CCCCC1.C=C(C(=O)OCC)C(=O)OCC.C=C(C(=O)OCC)C(=O)OCC.C=C(C(=O)OCC)C(=O)OCCc1ccccc1.[2H]C(C)C. The Bertz CT molecular complexity index is 2820. The topological polar surface area (TPSA) is 316 Å². The second kappa shape index (κ2) is 53.2. The summed E-state index contributed by atoms with van der Waals surface area (Å²) in [6.45, 7) is 44.0. The van der Waals surface area contributed by atoms with Crippen LogP contribution in [0.1, 0.15) is 219 Å². The molecule has 0 amide bonds.